The smallest absolute Gasteiger partial charge is 0.335 e. The fraction of sp³-hybridized carbons (Fsp3) is 0.571. The number of carboxylic acids is 1. The van der Waals surface area contributed by atoms with Gasteiger partial charge in [-0.2, -0.15) is 0 Å². The maximum Gasteiger partial charge on any atom is 0.335 e. The van der Waals surface area contributed by atoms with Gasteiger partial charge in [-0.05, 0) is 18.6 Å². The summed E-state index contributed by atoms with van der Waals surface area (Å²) in [6.07, 6.45) is 1.64. The average Bonchev–Trinajstić information content (AvgIpc) is 2.32. The van der Waals surface area contributed by atoms with Gasteiger partial charge in [0.25, 0.3) is 0 Å². The van der Waals surface area contributed by atoms with Gasteiger partial charge in [0.1, 0.15) is 15.7 Å². The Balaban J connectivity index is 2.86. The molecule has 1 aromatic heterocycles. The second-order valence-electron chi connectivity index (χ2n) is 6.09. The Kier molecular flexibility index (Phi) is 5.33. The molecule has 0 atom stereocenters. The summed E-state index contributed by atoms with van der Waals surface area (Å²) in [6.45, 7) is 6.28. The molecule has 0 saturated heterocycles. The van der Waals surface area contributed by atoms with Crippen LogP contribution >= 0.6 is 0 Å². The zero-order valence-electron chi connectivity index (χ0n) is 12.8. The molecule has 2 N–H and O–H groups in total. The number of rotatable bonds is 6. The highest BCUT2D eigenvalue weighted by atomic mass is 32.2. The maximum atomic E-state index is 11.2. The van der Waals surface area contributed by atoms with Crippen LogP contribution in [0.2, 0.25) is 0 Å². The topological polar surface area (TPSA) is 96.4 Å². The van der Waals surface area contributed by atoms with E-state index in [-0.39, 0.29) is 16.7 Å². The van der Waals surface area contributed by atoms with Crippen molar-refractivity contribution in [2.75, 3.05) is 23.9 Å². The van der Waals surface area contributed by atoms with Crippen LogP contribution in [0.4, 0.5) is 5.82 Å². The van der Waals surface area contributed by atoms with E-state index in [1.54, 1.807) is 6.07 Å². The molecule has 0 amide bonds. The van der Waals surface area contributed by atoms with Crippen LogP contribution in [0.5, 0.6) is 0 Å². The van der Waals surface area contributed by atoms with E-state index in [1.807, 2.05) is 20.8 Å². The SMILES string of the molecule is CC(C)(C)c1cc(C(=O)O)cc(NCCCS(C)(=O)=O)n1. The van der Waals surface area contributed by atoms with E-state index in [0.717, 1.165) is 0 Å². The Morgan fingerprint density at radius 1 is 1.33 bits per heavy atom. The van der Waals surface area contributed by atoms with E-state index >= 15 is 0 Å². The lowest BCUT2D eigenvalue weighted by molar-refractivity contribution is 0.0696. The molecule has 0 radical (unpaired) electrons. The number of sulfone groups is 1. The van der Waals surface area contributed by atoms with Gasteiger partial charge >= 0.3 is 5.97 Å². The molecule has 1 heterocycles. The van der Waals surface area contributed by atoms with Gasteiger partial charge in [-0.15, -0.1) is 0 Å². The fourth-order valence-corrected chi connectivity index (χ4v) is 2.35. The summed E-state index contributed by atoms with van der Waals surface area (Å²) < 4.78 is 22.1. The number of hydrogen-bond donors (Lipinski definition) is 2. The van der Waals surface area contributed by atoms with Gasteiger partial charge in [-0.25, -0.2) is 18.2 Å². The first-order chi connectivity index (χ1) is 9.49. The van der Waals surface area contributed by atoms with Gasteiger partial charge in [-0.1, -0.05) is 20.8 Å². The number of hydrogen-bond acceptors (Lipinski definition) is 5. The Labute approximate surface area is 125 Å². The maximum absolute atomic E-state index is 11.2. The molecule has 21 heavy (non-hydrogen) atoms. The fourth-order valence-electron chi connectivity index (χ4n) is 1.68. The molecule has 118 valence electrons. The average molecular weight is 314 g/mol. The van der Waals surface area contributed by atoms with Gasteiger partial charge in [0.15, 0.2) is 0 Å². The van der Waals surface area contributed by atoms with Crippen LogP contribution in [0.1, 0.15) is 43.2 Å². The molecule has 7 heteroatoms. The normalized spacial score (nSPS) is 12.2. The second kappa shape index (κ2) is 6.43. The lowest BCUT2D eigenvalue weighted by atomic mass is 9.91. The lowest BCUT2D eigenvalue weighted by Gasteiger charge is -2.19. The van der Waals surface area contributed by atoms with E-state index in [2.05, 4.69) is 10.3 Å². The van der Waals surface area contributed by atoms with E-state index < -0.39 is 15.8 Å². The van der Waals surface area contributed by atoms with Gasteiger partial charge < -0.3 is 10.4 Å². The van der Waals surface area contributed by atoms with Gasteiger partial charge in [0, 0.05) is 23.9 Å². The van der Waals surface area contributed by atoms with Crippen molar-refractivity contribution in [3.05, 3.63) is 23.4 Å². The number of nitrogens with one attached hydrogen (secondary N) is 1. The number of anilines is 1. The number of carboxylic acid groups (broad SMARTS) is 1. The number of aromatic nitrogens is 1. The first-order valence-electron chi connectivity index (χ1n) is 6.66. The highest BCUT2D eigenvalue weighted by Crippen LogP contribution is 2.23. The minimum Gasteiger partial charge on any atom is -0.478 e. The van der Waals surface area contributed by atoms with E-state index in [4.69, 9.17) is 5.11 Å². The van der Waals surface area contributed by atoms with Crippen molar-refractivity contribution in [3.63, 3.8) is 0 Å². The van der Waals surface area contributed by atoms with Gasteiger partial charge in [-0.3, -0.25) is 0 Å². The zero-order chi connectivity index (χ0) is 16.3. The standard InChI is InChI=1S/C14H22N2O4S/c1-14(2,3)11-8-10(13(17)18)9-12(16-11)15-6-5-7-21(4,19)20/h8-9H,5-7H2,1-4H3,(H,15,16)(H,17,18). The molecule has 0 aliphatic carbocycles. The Morgan fingerprint density at radius 2 is 1.95 bits per heavy atom. The molecule has 0 bridgehead atoms. The van der Waals surface area contributed by atoms with Crippen LogP contribution in [-0.4, -0.2) is 43.0 Å². The quantitative estimate of drug-likeness (QED) is 0.779. The Morgan fingerprint density at radius 3 is 2.43 bits per heavy atom. The number of pyridine rings is 1. The molecule has 0 aliphatic rings. The van der Waals surface area contributed by atoms with E-state index in [9.17, 15) is 13.2 Å². The van der Waals surface area contributed by atoms with Crippen molar-refractivity contribution >= 4 is 21.6 Å². The summed E-state index contributed by atoms with van der Waals surface area (Å²) in [5.41, 5.74) is 0.572. The van der Waals surface area contributed by atoms with Crippen LogP contribution in [-0.2, 0) is 15.3 Å². The molecule has 6 nitrogen and oxygen atoms in total. The van der Waals surface area contributed by atoms with Crippen molar-refractivity contribution in [2.24, 2.45) is 0 Å². The molecule has 1 rings (SSSR count). The van der Waals surface area contributed by atoms with Crippen LogP contribution < -0.4 is 5.32 Å². The highest BCUT2D eigenvalue weighted by Gasteiger charge is 2.19. The predicted octanol–water partition coefficient (Wildman–Crippen LogP) is 1.92. The first kappa shape index (κ1) is 17.4. The third kappa shape index (κ3) is 6.12. The second-order valence-corrected chi connectivity index (χ2v) is 8.35. The number of carbonyl (C=O) groups is 1. The monoisotopic (exact) mass is 314 g/mol. The molecule has 0 spiro atoms. The molecule has 0 fully saturated rings. The summed E-state index contributed by atoms with van der Waals surface area (Å²) in [5.74, 6) is -0.472. The third-order valence-electron chi connectivity index (χ3n) is 2.84. The van der Waals surface area contributed by atoms with Gasteiger partial charge in [0.2, 0.25) is 0 Å². The zero-order valence-corrected chi connectivity index (χ0v) is 13.6. The molecular weight excluding hydrogens is 292 g/mol. The van der Waals surface area contributed by atoms with Gasteiger partial charge in [0.05, 0.1) is 11.3 Å². The first-order valence-corrected chi connectivity index (χ1v) is 8.72. The van der Waals surface area contributed by atoms with Crippen LogP contribution in [0.15, 0.2) is 12.1 Å². The predicted molar refractivity (Wildman–Crippen MR) is 82.7 cm³/mol. The van der Waals surface area contributed by atoms with Crippen molar-refractivity contribution in [2.45, 2.75) is 32.6 Å². The van der Waals surface area contributed by atoms with E-state index in [0.29, 0.717) is 24.5 Å². The highest BCUT2D eigenvalue weighted by molar-refractivity contribution is 7.90. The molecule has 0 unspecified atom stereocenters. The Hall–Kier alpha value is -1.63. The summed E-state index contributed by atoms with van der Waals surface area (Å²) in [6, 6.07) is 3.02. The molecule has 1 aromatic rings. The van der Waals surface area contributed by atoms with Crippen molar-refractivity contribution in [1.29, 1.82) is 0 Å². The van der Waals surface area contributed by atoms with E-state index in [1.165, 1.54) is 12.3 Å². The summed E-state index contributed by atoms with van der Waals surface area (Å²) in [5, 5.41) is 12.1. The van der Waals surface area contributed by atoms with Crippen molar-refractivity contribution in [1.82, 2.24) is 4.98 Å². The van der Waals surface area contributed by atoms with Crippen LogP contribution in [0.3, 0.4) is 0 Å². The molecule has 0 aromatic carbocycles. The Bertz CT molecular complexity index is 618. The van der Waals surface area contributed by atoms with Crippen LogP contribution in [0.25, 0.3) is 0 Å². The summed E-state index contributed by atoms with van der Waals surface area (Å²) in [4.78, 5) is 15.6. The molecule has 0 saturated carbocycles. The number of nitrogens with zero attached hydrogens (tertiary/aromatic N) is 1. The molecular formula is C14H22N2O4S. The van der Waals surface area contributed by atoms with Crippen LogP contribution in [0, 0.1) is 0 Å². The minimum atomic E-state index is -2.99. The summed E-state index contributed by atoms with van der Waals surface area (Å²) in [7, 11) is -2.99. The summed E-state index contributed by atoms with van der Waals surface area (Å²) >= 11 is 0. The van der Waals surface area contributed by atoms with Crippen molar-refractivity contribution in [3.8, 4) is 0 Å². The number of aromatic carboxylic acids is 1. The molecule has 0 aliphatic heterocycles. The third-order valence-corrected chi connectivity index (χ3v) is 3.87. The largest absolute Gasteiger partial charge is 0.478 e. The minimum absolute atomic E-state index is 0.0880. The van der Waals surface area contributed by atoms with Crippen molar-refractivity contribution < 1.29 is 18.3 Å². The lowest BCUT2D eigenvalue weighted by Crippen LogP contribution is -2.17.